The number of esters is 1. The SMILES string of the molecule is CCCCC/C=C\C/C=C\C/C=C\C/C=C\CCCCCCCCCCCC(=O)NC(COP(=O)(O)OCC[N+](C)(C)C)C(/C=C/CCCCCCCCCCCCC)OC(=O)CCCCCCCCCCCCCCC/C=C/CCCCCCCC. The highest BCUT2D eigenvalue weighted by Gasteiger charge is 2.30. The topological polar surface area (TPSA) is 111 Å². The van der Waals surface area contributed by atoms with Crippen molar-refractivity contribution in [1.82, 2.24) is 5.32 Å². The fourth-order valence-corrected chi connectivity index (χ4v) is 11.6. The van der Waals surface area contributed by atoms with E-state index in [0.717, 1.165) is 89.9 Å². The molecule has 0 spiro atoms. The number of nitrogens with one attached hydrogen (secondary N) is 1. The number of quaternary nitrogens is 1. The van der Waals surface area contributed by atoms with Crippen LogP contribution in [0.25, 0.3) is 0 Å². The van der Waals surface area contributed by atoms with Crippen molar-refractivity contribution in [2.24, 2.45) is 0 Å². The molecule has 2 N–H and O–H groups in total. The minimum absolute atomic E-state index is 0.0380. The fourth-order valence-electron chi connectivity index (χ4n) is 10.9. The normalized spacial score (nSPS) is 13.9. The van der Waals surface area contributed by atoms with Crippen molar-refractivity contribution in [1.29, 1.82) is 0 Å². The lowest BCUT2D eigenvalue weighted by Crippen LogP contribution is -2.47. The van der Waals surface area contributed by atoms with Gasteiger partial charge < -0.3 is 19.4 Å². The Hall–Kier alpha value is -2.55. The number of unbranched alkanes of at least 4 members (excludes halogenated alkanes) is 42. The van der Waals surface area contributed by atoms with Crippen molar-refractivity contribution in [3.8, 4) is 0 Å². The molecule has 0 aromatic heterocycles. The number of hydrogen-bond acceptors (Lipinski definition) is 6. The summed E-state index contributed by atoms with van der Waals surface area (Å²) < 4.78 is 30.9. The van der Waals surface area contributed by atoms with Gasteiger partial charge >= 0.3 is 13.8 Å². The predicted molar refractivity (Wildman–Crippen MR) is 378 cm³/mol. The second kappa shape index (κ2) is 66.4. The molecule has 0 aliphatic carbocycles. The third-order valence-corrected chi connectivity index (χ3v) is 17.6. The maximum atomic E-state index is 13.6. The Morgan fingerprint density at radius 2 is 0.701 bits per heavy atom. The second-order valence-corrected chi connectivity index (χ2v) is 27.9. The summed E-state index contributed by atoms with van der Waals surface area (Å²) in [6.07, 6.45) is 87.7. The van der Waals surface area contributed by atoms with E-state index in [2.05, 4.69) is 86.8 Å². The number of ether oxygens (including phenoxy) is 1. The zero-order valence-electron chi connectivity index (χ0n) is 58.3. The Bertz CT molecular complexity index is 1720. The van der Waals surface area contributed by atoms with Crippen LogP contribution in [0.1, 0.15) is 355 Å². The van der Waals surface area contributed by atoms with E-state index < -0.39 is 20.0 Å². The molecule has 0 aromatic rings. The van der Waals surface area contributed by atoms with Gasteiger partial charge in [-0.1, -0.05) is 312 Å². The number of nitrogens with zero attached hydrogens (tertiary/aromatic N) is 1. The molecule has 0 bridgehead atoms. The summed E-state index contributed by atoms with van der Waals surface area (Å²) in [5, 5.41) is 3.08. The number of hydrogen-bond donors (Lipinski definition) is 2. The van der Waals surface area contributed by atoms with Crippen LogP contribution in [-0.4, -0.2) is 74.3 Å². The fraction of sp³-hybridized carbons (Fsp3) is 0.818. The van der Waals surface area contributed by atoms with Crippen molar-refractivity contribution in [3.05, 3.63) is 72.9 Å². The van der Waals surface area contributed by atoms with Gasteiger partial charge in [0.15, 0.2) is 0 Å². The van der Waals surface area contributed by atoms with Gasteiger partial charge in [0, 0.05) is 12.8 Å². The largest absolute Gasteiger partial charge is 0.472 e. The Morgan fingerprint density at radius 1 is 0.402 bits per heavy atom. The maximum Gasteiger partial charge on any atom is 0.472 e. The molecular formula is C77H144N2O7P+. The number of phosphoric ester groups is 1. The standard InChI is InChI=1S/C77H143N2O7P/c1-7-10-13-16-19-22-25-28-30-32-34-36-38-39-41-42-44-46-48-51-54-57-60-63-66-69-76(80)78-74(73-85-87(82,83)84-72-71-79(4,5)6)75(68-65-62-59-56-53-50-27-24-21-18-15-12-9-3)86-77(81)70-67-64-61-58-55-52-49-47-45-43-40-37-35-33-31-29-26-23-20-17-14-11-8-2/h19,22,28-31,34,36,39,41,65,68,74-75H,7-18,20-21,23-27,32-33,35,37-38,40,42-64,66-67,69-73H2,1-6H3,(H-,78,80,82,83)/p+1/b22-19-,30-28-,31-29+,36-34-,41-39-,68-65+. The molecule has 0 aromatic carbocycles. The predicted octanol–water partition coefficient (Wildman–Crippen LogP) is 23.9. The number of carbonyl (C=O) groups excluding carboxylic acids is 2. The Labute approximate surface area is 540 Å². The van der Waals surface area contributed by atoms with E-state index in [4.69, 9.17) is 13.8 Å². The lowest BCUT2D eigenvalue weighted by Gasteiger charge is -2.27. The smallest absolute Gasteiger partial charge is 0.456 e. The van der Waals surface area contributed by atoms with Crippen LogP contribution >= 0.6 is 7.82 Å². The van der Waals surface area contributed by atoms with E-state index in [1.807, 2.05) is 33.3 Å². The van der Waals surface area contributed by atoms with Gasteiger partial charge in [-0.3, -0.25) is 18.6 Å². The van der Waals surface area contributed by atoms with E-state index in [9.17, 15) is 19.0 Å². The first kappa shape index (κ1) is 84.5. The lowest BCUT2D eigenvalue weighted by atomic mass is 10.0. The van der Waals surface area contributed by atoms with Crippen LogP contribution in [0.4, 0.5) is 0 Å². The van der Waals surface area contributed by atoms with Crippen LogP contribution in [0.2, 0.25) is 0 Å². The molecule has 0 saturated carbocycles. The molecule has 0 aliphatic rings. The minimum Gasteiger partial charge on any atom is -0.456 e. The van der Waals surface area contributed by atoms with Crippen molar-refractivity contribution >= 4 is 19.7 Å². The molecule has 0 fully saturated rings. The Balaban J connectivity index is 5.07. The van der Waals surface area contributed by atoms with Crippen LogP contribution in [0.3, 0.4) is 0 Å². The molecule has 508 valence electrons. The van der Waals surface area contributed by atoms with Crippen LogP contribution in [0, 0.1) is 0 Å². The number of likely N-dealkylation sites (N-methyl/N-ethyl adjacent to an activating group) is 1. The Morgan fingerprint density at radius 3 is 1.08 bits per heavy atom. The minimum atomic E-state index is -4.46. The average Bonchev–Trinajstić information content (AvgIpc) is 3.70. The maximum absolute atomic E-state index is 13.6. The summed E-state index contributed by atoms with van der Waals surface area (Å²) in [7, 11) is 1.50. The molecule has 9 nitrogen and oxygen atoms in total. The van der Waals surface area contributed by atoms with E-state index in [1.165, 1.54) is 231 Å². The van der Waals surface area contributed by atoms with Gasteiger partial charge in [-0.15, -0.1) is 0 Å². The average molecular weight is 1240 g/mol. The van der Waals surface area contributed by atoms with Gasteiger partial charge in [0.2, 0.25) is 5.91 Å². The van der Waals surface area contributed by atoms with E-state index in [0.29, 0.717) is 23.9 Å². The van der Waals surface area contributed by atoms with Crippen molar-refractivity contribution in [2.75, 3.05) is 40.9 Å². The molecule has 3 atom stereocenters. The number of carbonyl (C=O) groups is 2. The highest BCUT2D eigenvalue weighted by molar-refractivity contribution is 7.47. The Kier molecular flexibility index (Phi) is 64.4. The van der Waals surface area contributed by atoms with Crippen LogP contribution in [-0.2, 0) is 27.9 Å². The number of rotatable bonds is 68. The molecule has 3 unspecified atom stereocenters. The van der Waals surface area contributed by atoms with Gasteiger partial charge in [0.25, 0.3) is 0 Å². The second-order valence-electron chi connectivity index (χ2n) is 26.5. The van der Waals surface area contributed by atoms with Crippen LogP contribution < -0.4 is 5.32 Å². The summed E-state index contributed by atoms with van der Waals surface area (Å²) in [5.74, 6) is -0.500. The molecule has 10 heteroatoms. The molecule has 87 heavy (non-hydrogen) atoms. The quantitative estimate of drug-likeness (QED) is 0.0205. The first-order valence-electron chi connectivity index (χ1n) is 37.3. The van der Waals surface area contributed by atoms with Crippen molar-refractivity contribution in [2.45, 2.75) is 367 Å². The van der Waals surface area contributed by atoms with Crippen molar-refractivity contribution < 1.29 is 37.3 Å². The summed E-state index contributed by atoms with van der Waals surface area (Å²) >= 11 is 0. The lowest BCUT2D eigenvalue weighted by molar-refractivity contribution is -0.870. The van der Waals surface area contributed by atoms with Gasteiger partial charge in [-0.2, -0.15) is 0 Å². The number of allylic oxidation sites excluding steroid dienone is 11. The van der Waals surface area contributed by atoms with E-state index in [-0.39, 0.29) is 25.1 Å². The molecule has 0 heterocycles. The molecule has 0 saturated heterocycles. The first-order valence-corrected chi connectivity index (χ1v) is 38.8. The zero-order valence-corrected chi connectivity index (χ0v) is 59.2. The van der Waals surface area contributed by atoms with Crippen molar-refractivity contribution in [3.63, 3.8) is 0 Å². The number of phosphoric acid groups is 1. The summed E-state index contributed by atoms with van der Waals surface area (Å²) in [5.41, 5.74) is 0. The number of amides is 1. The molecular weight excluding hydrogens is 1100 g/mol. The summed E-state index contributed by atoms with van der Waals surface area (Å²) in [6, 6.07) is -0.855. The summed E-state index contributed by atoms with van der Waals surface area (Å²) in [6.45, 7) is 7.02. The zero-order chi connectivity index (χ0) is 63.5. The van der Waals surface area contributed by atoms with Crippen LogP contribution in [0.15, 0.2) is 72.9 Å². The van der Waals surface area contributed by atoms with E-state index in [1.54, 1.807) is 0 Å². The monoisotopic (exact) mass is 1240 g/mol. The highest BCUT2D eigenvalue weighted by Crippen LogP contribution is 2.43. The highest BCUT2D eigenvalue weighted by atomic mass is 31.2. The molecule has 1 amide bonds. The third-order valence-electron chi connectivity index (χ3n) is 16.6. The van der Waals surface area contributed by atoms with E-state index >= 15 is 0 Å². The molecule has 0 aliphatic heterocycles. The summed E-state index contributed by atoms with van der Waals surface area (Å²) in [4.78, 5) is 38.0. The van der Waals surface area contributed by atoms with Gasteiger partial charge in [0.1, 0.15) is 19.3 Å². The van der Waals surface area contributed by atoms with Crippen LogP contribution in [0.5, 0.6) is 0 Å². The third kappa shape index (κ3) is 67.7. The molecule has 0 radical (unpaired) electrons. The first-order chi connectivity index (χ1) is 42.4. The molecule has 0 rings (SSSR count). The van der Waals surface area contributed by atoms with Gasteiger partial charge in [-0.05, 0) is 102 Å². The van der Waals surface area contributed by atoms with Gasteiger partial charge in [0.05, 0.1) is 33.8 Å². The van der Waals surface area contributed by atoms with Gasteiger partial charge in [-0.25, -0.2) is 4.57 Å².